The Labute approximate surface area is 138 Å². The number of pyridine rings is 1. The summed E-state index contributed by atoms with van der Waals surface area (Å²) in [6.07, 6.45) is -1.02. The normalized spacial score (nSPS) is 11.8. The summed E-state index contributed by atoms with van der Waals surface area (Å²) in [7, 11) is 0. The first-order chi connectivity index (χ1) is 11.0. The molecule has 7 heteroatoms. The van der Waals surface area contributed by atoms with Gasteiger partial charge in [-0.15, -0.1) is 0 Å². The van der Waals surface area contributed by atoms with Crippen LogP contribution < -0.4 is 10.6 Å². The smallest absolute Gasteiger partial charge is 0.315 e. The first-order valence-electron chi connectivity index (χ1n) is 7.03. The number of carbonyl (C=O) groups is 1. The number of aryl methyl sites for hydroxylation is 1. The molecule has 0 aliphatic carbocycles. The monoisotopic (exact) mass is 337 g/mol. The maximum absolute atomic E-state index is 13.3. The van der Waals surface area contributed by atoms with Crippen LogP contribution in [0.2, 0.25) is 5.02 Å². The minimum Gasteiger partial charge on any atom is -0.387 e. The number of carbonyl (C=O) groups excluding carboxylic acids is 1. The second kappa shape index (κ2) is 7.89. The zero-order chi connectivity index (χ0) is 16.8. The van der Waals surface area contributed by atoms with Crippen LogP contribution in [0.5, 0.6) is 0 Å². The zero-order valence-electron chi connectivity index (χ0n) is 12.5. The lowest BCUT2D eigenvalue weighted by atomic mass is 10.1. The van der Waals surface area contributed by atoms with Crippen LogP contribution in [0.15, 0.2) is 36.4 Å². The van der Waals surface area contributed by atoms with Gasteiger partial charge in [-0.1, -0.05) is 23.7 Å². The average molecular weight is 338 g/mol. The molecule has 2 amide bonds. The van der Waals surface area contributed by atoms with E-state index in [4.69, 9.17) is 11.6 Å². The third-order valence-corrected chi connectivity index (χ3v) is 3.47. The Morgan fingerprint density at radius 1 is 1.35 bits per heavy atom. The van der Waals surface area contributed by atoms with Gasteiger partial charge in [-0.05, 0) is 36.8 Å². The number of nitrogens with zero attached hydrogens (tertiary/aromatic N) is 1. The maximum Gasteiger partial charge on any atom is 0.315 e. The molecule has 2 rings (SSSR count). The van der Waals surface area contributed by atoms with Gasteiger partial charge in [-0.2, -0.15) is 0 Å². The molecule has 23 heavy (non-hydrogen) atoms. The number of benzene rings is 1. The summed E-state index contributed by atoms with van der Waals surface area (Å²) in [6, 6.07) is 9.09. The van der Waals surface area contributed by atoms with Gasteiger partial charge in [0.05, 0.1) is 23.4 Å². The summed E-state index contributed by atoms with van der Waals surface area (Å²) in [5.74, 6) is -0.613. The highest BCUT2D eigenvalue weighted by Crippen LogP contribution is 2.19. The summed E-state index contributed by atoms with van der Waals surface area (Å²) in [6.45, 7) is 2.10. The van der Waals surface area contributed by atoms with E-state index in [1.54, 1.807) is 6.07 Å². The maximum atomic E-state index is 13.3. The lowest BCUT2D eigenvalue weighted by molar-refractivity contribution is 0.172. The molecule has 0 radical (unpaired) electrons. The first kappa shape index (κ1) is 17.2. The molecule has 3 N–H and O–H groups in total. The lowest BCUT2D eigenvalue weighted by Gasteiger charge is -2.13. The van der Waals surface area contributed by atoms with E-state index in [9.17, 15) is 14.3 Å². The highest BCUT2D eigenvalue weighted by molar-refractivity contribution is 6.30. The SMILES string of the molecule is Cc1cccc(CNC(=O)NCC(O)c2ccc(Cl)c(F)c2)n1. The van der Waals surface area contributed by atoms with E-state index in [0.29, 0.717) is 5.56 Å². The fourth-order valence-electron chi connectivity index (χ4n) is 1.96. The molecular formula is C16H17ClFN3O2. The van der Waals surface area contributed by atoms with Crippen LogP contribution >= 0.6 is 11.6 Å². The van der Waals surface area contributed by atoms with Gasteiger partial charge in [-0.25, -0.2) is 9.18 Å². The number of rotatable bonds is 5. The van der Waals surface area contributed by atoms with E-state index in [2.05, 4.69) is 15.6 Å². The Kier molecular flexibility index (Phi) is 5.90. The number of aromatic nitrogens is 1. The third kappa shape index (κ3) is 5.19. The molecule has 0 bridgehead atoms. The van der Waals surface area contributed by atoms with Crippen LogP contribution in [0.4, 0.5) is 9.18 Å². The number of amides is 2. The fourth-order valence-corrected chi connectivity index (χ4v) is 2.08. The van der Waals surface area contributed by atoms with Crippen LogP contribution in [0.3, 0.4) is 0 Å². The molecule has 0 aliphatic rings. The first-order valence-corrected chi connectivity index (χ1v) is 7.41. The van der Waals surface area contributed by atoms with Gasteiger partial charge < -0.3 is 15.7 Å². The van der Waals surface area contributed by atoms with Crippen molar-refractivity contribution >= 4 is 17.6 Å². The highest BCUT2D eigenvalue weighted by atomic mass is 35.5. The van der Waals surface area contributed by atoms with E-state index in [-0.39, 0.29) is 18.1 Å². The van der Waals surface area contributed by atoms with E-state index in [0.717, 1.165) is 17.5 Å². The molecule has 1 aromatic carbocycles. The Hall–Kier alpha value is -2.18. The van der Waals surface area contributed by atoms with Crippen molar-refractivity contribution < 1.29 is 14.3 Å². The van der Waals surface area contributed by atoms with Crippen molar-refractivity contribution in [3.8, 4) is 0 Å². The molecule has 1 aromatic heterocycles. The summed E-state index contributed by atoms with van der Waals surface area (Å²) >= 11 is 5.58. The molecule has 122 valence electrons. The van der Waals surface area contributed by atoms with Crippen molar-refractivity contribution in [2.75, 3.05) is 6.54 Å². The predicted octanol–water partition coefficient (Wildman–Crippen LogP) is 2.72. The van der Waals surface area contributed by atoms with Crippen molar-refractivity contribution in [3.63, 3.8) is 0 Å². The number of aliphatic hydroxyl groups is 1. The summed E-state index contributed by atoms with van der Waals surface area (Å²) < 4.78 is 13.3. The quantitative estimate of drug-likeness (QED) is 0.785. The Morgan fingerprint density at radius 2 is 2.13 bits per heavy atom. The van der Waals surface area contributed by atoms with Crippen molar-refractivity contribution in [1.29, 1.82) is 0 Å². The van der Waals surface area contributed by atoms with Crippen molar-refractivity contribution in [3.05, 3.63) is 64.2 Å². The van der Waals surface area contributed by atoms with Gasteiger partial charge >= 0.3 is 6.03 Å². The van der Waals surface area contributed by atoms with E-state index < -0.39 is 18.0 Å². The number of halogens is 2. The van der Waals surface area contributed by atoms with Crippen molar-refractivity contribution in [2.24, 2.45) is 0 Å². The van der Waals surface area contributed by atoms with Crippen LogP contribution in [-0.4, -0.2) is 22.7 Å². The molecule has 0 saturated heterocycles. The van der Waals surface area contributed by atoms with Gasteiger partial charge in [-0.3, -0.25) is 4.98 Å². The van der Waals surface area contributed by atoms with Gasteiger partial charge in [0.15, 0.2) is 0 Å². The second-order valence-corrected chi connectivity index (χ2v) is 5.43. The fraction of sp³-hybridized carbons (Fsp3) is 0.250. The molecule has 0 spiro atoms. The molecule has 2 aromatic rings. The average Bonchev–Trinajstić information content (AvgIpc) is 2.53. The number of hydrogen-bond acceptors (Lipinski definition) is 3. The van der Waals surface area contributed by atoms with Crippen molar-refractivity contribution in [1.82, 2.24) is 15.6 Å². The minimum absolute atomic E-state index is 0.0164. The van der Waals surface area contributed by atoms with Crippen LogP contribution in [0.1, 0.15) is 23.1 Å². The Balaban J connectivity index is 1.80. The van der Waals surface area contributed by atoms with Gasteiger partial charge in [0, 0.05) is 12.2 Å². The number of nitrogens with one attached hydrogen (secondary N) is 2. The lowest BCUT2D eigenvalue weighted by Crippen LogP contribution is -2.37. The molecule has 1 heterocycles. The standard InChI is InChI=1S/C16H17ClFN3O2/c1-10-3-2-4-12(21-10)8-19-16(23)20-9-15(22)11-5-6-13(17)14(18)7-11/h2-7,15,22H,8-9H2,1H3,(H2,19,20,23). The van der Waals surface area contributed by atoms with E-state index in [1.807, 2.05) is 19.1 Å². The predicted molar refractivity (Wildman–Crippen MR) is 85.6 cm³/mol. The summed E-state index contributed by atoms with van der Waals surface area (Å²) in [5, 5.41) is 15.1. The number of hydrogen-bond donors (Lipinski definition) is 3. The molecule has 0 fully saturated rings. The molecular weight excluding hydrogens is 321 g/mol. The van der Waals surface area contributed by atoms with Crippen LogP contribution in [-0.2, 0) is 6.54 Å². The zero-order valence-corrected chi connectivity index (χ0v) is 13.3. The van der Waals surface area contributed by atoms with E-state index in [1.165, 1.54) is 12.1 Å². The van der Waals surface area contributed by atoms with Gasteiger partial charge in [0.25, 0.3) is 0 Å². The molecule has 5 nitrogen and oxygen atoms in total. The van der Waals surface area contributed by atoms with Gasteiger partial charge in [0.1, 0.15) is 5.82 Å². The second-order valence-electron chi connectivity index (χ2n) is 5.02. The largest absolute Gasteiger partial charge is 0.387 e. The molecule has 1 atom stereocenters. The molecule has 0 aliphatic heterocycles. The van der Waals surface area contributed by atoms with E-state index >= 15 is 0 Å². The minimum atomic E-state index is -1.02. The number of aliphatic hydroxyl groups excluding tert-OH is 1. The third-order valence-electron chi connectivity index (χ3n) is 3.16. The van der Waals surface area contributed by atoms with Crippen molar-refractivity contribution in [2.45, 2.75) is 19.6 Å². The topological polar surface area (TPSA) is 74.2 Å². The summed E-state index contributed by atoms with van der Waals surface area (Å²) in [4.78, 5) is 16.0. The Morgan fingerprint density at radius 3 is 2.83 bits per heavy atom. The molecule has 1 unspecified atom stereocenters. The van der Waals surface area contributed by atoms with Crippen LogP contribution in [0.25, 0.3) is 0 Å². The number of urea groups is 1. The Bertz CT molecular complexity index is 697. The van der Waals surface area contributed by atoms with Crippen LogP contribution in [0, 0.1) is 12.7 Å². The highest BCUT2D eigenvalue weighted by Gasteiger charge is 2.11. The van der Waals surface area contributed by atoms with Gasteiger partial charge in [0.2, 0.25) is 0 Å². The molecule has 0 saturated carbocycles. The summed E-state index contributed by atoms with van der Waals surface area (Å²) in [5.41, 5.74) is 1.94.